The predicted octanol–water partition coefficient (Wildman–Crippen LogP) is 2.46. The zero-order chi connectivity index (χ0) is 10.7. The quantitative estimate of drug-likeness (QED) is 0.674. The van der Waals surface area contributed by atoms with Gasteiger partial charge >= 0.3 is 0 Å². The van der Waals surface area contributed by atoms with Crippen molar-refractivity contribution >= 4 is 5.78 Å². The first-order valence-electron chi connectivity index (χ1n) is 4.33. The minimum atomic E-state index is -0.467. The van der Waals surface area contributed by atoms with Gasteiger partial charge in [-0.2, -0.15) is 5.26 Å². The fraction of sp³-hybridized carbons (Fsp3) is 0.273. The lowest BCUT2D eigenvalue weighted by Gasteiger charge is -2.05. The summed E-state index contributed by atoms with van der Waals surface area (Å²) in [5.41, 5.74) is 1.04. The first kappa shape index (κ1) is 10.4. The van der Waals surface area contributed by atoms with E-state index >= 15 is 0 Å². The van der Waals surface area contributed by atoms with Crippen LogP contribution >= 0.6 is 0 Å². The molecule has 14 heavy (non-hydrogen) atoms. The second-order valence-corrected chi connectivity index (χ2v) is 3.01. The summed E-state index contributed by atoms with van der Waals surface area (Å²) in [5, 5.41) is 8.85. The number of rotatable bonds is 2. The molecule has 0 N–H and O–H groups in total. The predicted molar refractivity (Wildman–Crippen MR) is 50.5 cm³/mol. The molecular weight excluding hydrogens is 181 g/mol. The van der Waals surface area contributed by atoms with Crippen LogP contribution in [0.25, 0.3) is 0 Å². The van der Waals surface area contributed by atoms with Crippen LogP contribution in [0.4, 0.5) is 4.39 Å². The number of aryl methyl sites for hydroxylation is 1. The summed E-state index contributed by atoms with van der Waals surface area (Å²) in [4.78, 5) is 11.1. The number of ketones is 1. The molecule has 0 saturated heterocycles. The average Bonchev–Trinajstić information content (AvgIpc) is 2.16. The normalized spacial score (nSPS) is 9.57. The third kappa shape index (κ3) is 1.80. The first-order valence-corrected chi connectivity index (χ1v) is 4.33. The van der Waals surface area contributed by atoms with Gasteiger partial charge in [0.1, 0.15) is 11.9 Å². The van der Waals surface area contributed by atoms with Crippen molar-refractivity contribution in [2.45, 2.75) is 20.3 Å². The van der Waals surface area contributed by atoms with Gasteiger partial charge in [0.15, 0.2) is 5.78 Å². The highest BCUT2D eigenvalue weighted by atomic mass is 19.1. The molecule has 1 rings (SSSR count). The molecule has 0 fully saturated rings. The molecule has 0 amide bonds. The molecule has 0 unspecified atom stereocenters. The Morgan fingerprint density at radius 3 is 2.64 bits per heavy atom. The van der Waals surface area contributed by atoms with Crippen molar-refractivity contribution in [3.8, 4) is 6.07 Å². The zero-order valence-corrected chi connectivity index (χ0v) is 8.10. The van der Waals surface area contributed by atoms with Gasteiger partial charge in [0.2, 0.25) is 0 Å². The van der Waals surface area contributed by atoms with Crippen LogP contribution < -0.4 is 0 Å². The van der Waals surface area contributed by atoms with Crippen LogP contribution in [-0.2, 0) is 6.42 Å². The molecule has 0 heterocycles. The Balaban J connectivity index is 3.49. The maximum absolute atomic E-state index is 13.0. The molecule has 3 heteroatoms. The largest absolute Gasteiger partial charge is 0.294 e. The molecule has 0 aliphatic heterocycles. The van der Waals surface area contributed by atoms with Crippen molar-refractivity contribution in [1.82, 2.24) is 0 Å². The first-order chi connectivity index (χ1) is 6.60. The van der Waals surface area contributed by atoms with Crippen LogP contribution in [0.2, 0.25) is 0 Å². The molecule has 0 spiro atoms. The highest BCUT2D eigenvalue weighted by Crippen LogP contribution is 2.17. The van der Waals surface area contributed by atoms with Gasteiger partial charge in [0.05, 0.1) is 5.56 Å². The molecule has 0 bridgehead atoms. The topological polar surface area (TPSA) is 40.9 Å². The number of nitrogens with zero attached hydrogens (tertiary/aromatic N) is 1. The highest BCUT2D eigenvalue weighted by molar-refractivity contribution is 5.96. The fourth-order valence-electron chi connectivity index (χ4n) is 1.35. The Morgan fingerprint density at radius 2 is 2.21 bits per heavy atom. The van der Waals surface area contributed by atoms with Crippen molar-refractivity contribution < 1.29 is 9.18 Å². The van der Waals surface area contributed by atoms with Crippen LogP contribution in [0.1, 0.15) is 35.3 Å². The molecule has 0 radical (unpaired) electrons. The van der Waals surface area contributed by atoms with E-state index in [-0.39, 0.29) is 11.3 Å². The molecule has 1 aromatic carbocycles. The zero-order valence-electron chi connectivity index (χ0n) is 8.10. The second-order valence-electron chi connectivity index (χ2n) is 3.01. The van der Waals surface area contributed by atoms with E-state index in [9.17, 15) is 9.18 Å². The van der Waals surface area contributed by atoms with Crippen molar-refractivity contribution in [3.63, 3.8) is 0 Å². The maximum Gasteiger partial charge on any atom is 0.161 e. The van der Waals surface area contributed by atoms with Gasteiger partial charge in [-0.25, -0.2) is 4.39 Å². The lowest BCUT2D eigenvalue weighted by Crippen LogP contribution is -2.02. The van der Waals surface area contributed by atoms with E-state index in [1.807, 2.05) is 13.0 Å². The van der Waals surface area contributed by atoms with Gasteiger partial charge < -0.3 is 0 Å². The summed E-state index contributed by atoms with van der Waals surface area (Å²) in [6.45, 7) is 3.15. The van der Waals surface area contributed by atoms with Gasteiger partial charge in [-0.15, -0.1) is 0 Å². The van der Waals surface area contributed by atoms with Crippen LogP contribution in [-0.4, -0.2) is 5.78 Å². The van der Waals surface area contributed by atoms with Gasteiger partial charge in [-0.3, -0.25) is 4.79 Å². The number of carbonyl (C=O) groups excluding carboxylic acids is 1. The Hall–Kier alpha value is -1.69. The van der Waals surface area contributed by atoms with E-state index in [0.717, 1.165) is 6.07 Å². The molecule has 0 saturated carbocycles. The van der Waals surface area contributed by atoms with E-state index in [0.29, 0.717) is 17.5 Å². The van der Waals surface area contributed by atoms with Crippen LogP contribution in [0.5, 0.6) is 0 Å². The van der Waals surface area contributed by atoms with Gasteiger partial charge in [-0.05, 0) is 31.0 Å². The van der Waals surface area contributed by atoms with Gasteiger partial charge in [0.25, 0.3) is 0 Å². The minimum Gasteiger partial charge on any atom is -0.294 e. The third-order valence-corrected chi connectivity index (χ3v) is 2.06. The smallest absolute Gasteiger partial charge is 0.161 e. The number of halogens is 1. The average molecular weight is 191 g/mol. The molecular formula is C11H10FNO. The molecule has 0 aliphatic carbocycles. The van der Waals surface area contributed by atoms with E-state index in [4.69, 9.17) is 5.26 Å². The van der Waals surface area contributed by atoms with Gasteiger partial charge in [-0.1, -0.05) is 6.92 Å². The minimum absolute atomic E-state index is 0.171. The van der Waals surface area contributed by atoms with E-state index in [2.05, 4.69) is 0 Å². The number of hydrogen-bond acceptors (Lipinski definition) is 2. The number of carbonyl (C=O) groups is 1. The van der Waals surface area contributed by atoms with Crippen LogP contribution in [0.3, 0.4) is 0 Å². The molecule has 72 valence electrons. The lowest BCUT2D eigenvalue weighted by molar-refractivity contribution is 0.101. The van der Waals surface area contributed by atoms with E-state index in [1.54, 1.807) is 0 Å². The van der Waals surface area contributed by atoms with Gasteiger partial charge in [0, 0.05) is 5.56 Å². The Labute approximate surface area is 82.0 Å². The summed E-state index contributed by atoms with van der Waals surface area (Å²) in [7, 11) is 0. The number of benzene rings is 1. The van der Waals surface area contributed by atoms with Crippen molar-refractivity contribution in [3.05, 3.63) is 34.6 Å². The number of hydrogen-bond donors (Lipinski definition) is 0. The number of Topliss-reactive ketones (excluding diaryl/α,β-unsaturated/α-hetero) is 1. The second kappa shape index (κ2) is 4.01. The summed E-state index contributed by atoms with van der Waals surface area (Å²) in [5.74, 6) is -0.748. The van der Waals surface area contributed by atoms with Crippen molar-refractivity contribution in [1.29, 1.82) is 5.26 Å². The molecule has 1 aromatic rings. The summed E-state index contributed by atoms with van der Waals surface area (Å²) in [6, 6.07) is 4.34. The van der Waals surface area contributed by atoms with Crippen molar-refractivity contribution in [2.75, 3.05) is 0 Å². The SMILES string of the molecule is CCc1cc(F)cc(C(C)=O)c1C#N. The van der Waals surface area contributed by atoms with E-state index in [1.165, 1.54) is 13.0 Å². The number of nitriles is 1. The third-order valence-electron chi connectivity index (χ3n) is 2.06. The molecule has 2 nitrogen and oxygen atoms in total. The van der Waals surface area contributed by atoms with Crippen molar-refractivity contribution in [2.24, 2.45) is 0 Å². The lowest BCUT2D eigenvalue weighted by atomic mass is 9.98. The molecule has 0 aromatic heterocycles. The summed E-state index contributed by atoms with van der Waals surface area (Å²) in [6.07, 6.45) is 0.543. The van der Waals surface area contributed by atoms with Crippen LogP contribution in [0, 0.1) is 17.1 Å². The Kier molecular flexibility index (Phi) is 2.98. The summed E-state index contributed by atoms with van der Waals surface area (Å²) < 4.78 is 13.0. The molecule has 0 aliphatic rings. The Bertz CT molecular complexity index is 418. The van der Waals surface area contributed by atoms with Crippen LogP contribution in [0.15, 0.2) is 12.1 Å². The standard InChI is InChI=1S/C11H10FNO/c1-3-8-4-9(12)5-10(7(2)14)11(8)6-13/h4-5H,3H2,1-2H3. The monoisotopic (exact) mass is 191 g/mol. The van der Waals surface area contributed by atoms with E-state index < -0.39 is 5.82 Å². The molecule has 0 atom stereocenters. The summed E-state index contributed by atoms with van der Waals surface area (Å²) >= 11 is 0. The highest BCUT2D eigenvalue weighted by Gasteiger charge is 2.12. The Morgan fingerprint density at radius 1 is 1.57 bits per heavy atom. The fourth-order valence-corrected chi connectivity index (χ4v) is 1.35. The maximum atomic E-state index is 13.0.